The summed E-state index contributed by atoms with van der Waals surface area (Å²) in [6, 6.07) is 5.80. The first-order valence-electron chi connectivity index (χ1n) is 3.70. The molecule has 0 spiro atoms. The molecule has 1 rings (SSSR count). The topological polar surface area (TPSA) is 27.5 Å². The van der Waals surface area contributed by atoms with E-state index in [2.05, 4.69) is 0 Å². The van der Waals surface area contributed by atoms with Crippen LogP contribution in [0.25, 0.3) is 0 Å². The molecule has 1 unspecified atom stereocenters. The van der Waals surface area contributed by atoms with Gasteiger partial charge >= 0.3 is 0 Å². The molecule has 1 aromatic carbocycles. The molecule has 0 aliphatic rings. The highest BCUT2D eigenvalue weighted by Gasteiger charge is 2.02. The number of hydroxylamine groups is 1. The van der Waals surface area contributed by atoms with E-state index in [1.165, 1.54) is 5.56 Å². The van der Waals surface area contributed by atoms with Crippen molar-refractivity contribution in [3.8, 4) is 0 Å². The van der Waals surface area contributed by atoms with E-state index in [0.29, 0.717) is 0 Å². The van der Waals surface area contributed by atoms with Crippen molar-refractivity contribution in [1.29, 1.82) is 0 Å². The largest absolute Gasteiger partial charge is 0.629 e. The summed E-state index contributed by atoms with van der Waals surface area (Å²) in [5, 5.41) is 11.2. The van der Waals surface area contributed by atoms with Crippen molar-refractivity contribution in [2.24, 2.45) is 0 Å². The fraction of sp³-hybridized carbons (Fsp3) is 0.333. The predicted molar refractivity (Wildman–Crippen MR) is 45.8 cm³/mol. The Bertz CT molecular complexity index is 256. The van der Waals surface area contributed by atoms with E-state index >= 15 is 0 Å². The average Bonchev–Trinajstić information content (AvgIpc) is 1.94. The van der Waals surface area contributed by atoms with Crippen LogP contribution in [-0.4, -0.2) is 7.05 Å². The third-order valence-electron chi connectivity index (χ3n) is 1.98. The fourth-order valence-electron chi connectivity index (χ4n) is 1.13. The lowest BCUT2D eigenvalue weighted by Gasteiger charge is -2.18. The summed E-state index contributed by atoms with van der Waals surface area (Å²) in [5.74, 6) is 0. The fourth-order valence-corrected chi connectivity index (χ4v) is 1.13. The zero-order chi connectivity index (χ0) is 8.43. The van der Waals surface area contributed by atoms with Gasteiger partial charge in [-0.15, -0.1) is 0 Å². The molecule has 1 atom stereocenters. The predicted octanol–water partition coefficient (Wildman–Crippen LogP) is 0.947. The van der Waals surface area contributed by atoms with Crippen LogP contribution in [0.2, 0.25) is 0 Å². The highest BCUT2D eigenvalue weighted by Crippen LogP contribution is 2.13. The molecular weight excluding hydrogens is 138 g/mol. The Labute approximate surface area is 67.0 Å². The van der Waals surface area contributed by atoms with E-state index in [0.717, 1.165) is 11.3 Å². The molecule has 0 fully saturated rings. The molecule has 0 aromatic heterocycles. The van der Waals surface area contributed by atoms with Crippen LogP contribution in [0.4, 0.5) is 5.69 Å². The number of hydrogen-bond acceptors (Lipinski definition) is 1. The molecule has 60 valence electrons. The molecule has 0 aliphatic heterocycles. The molecule has 0 aliphatic carbocycles. The van der Waals surface area contributed by atoms with Gasteiger partial charge < -0.3 is 10.3 Å². The molecule has 0 saturated heterocycles. The van der Waals surface area contributed by atoms with Crippen molar-refractivity contribution in [2.75, 3.05) is 7.05 Å². The Kier molecular flexibility index (Phi) is 2.27. The van der Waals surface area contributed by atoms with Crippen molar-refractivity contribution in [3.63, 3.8) is 0 Å². The van der Waals surface area contributed by atoms with Crippen LogP contribution in [0.3, 0.4) is 0 Å². The molecule has 2 nitrogen and oxygen atoms in total. The summed E-state index contributed by atoms with van der Waals surface area (Å²) in [6.07, 6.45) is 0. The third-order valence-corrected chi connectivity index (χ3v) is 1.98. The van der Waals surface area contributed by atoms with E-state index in [1.54, 1.807) is 7.05 Å². The summed E-state index contributed by atoms with van der Waals surface area (Å²) in [5.41, 5.74) is 3.11. The van der Waals surface area contributed by atoms with Gasteiger partial charge in [-0.1, -0.05) is 12.1 Å². The average molecular weight is 151 g/mol. The zero-order valence-electron chi connectivity index (χ0n) is 7.14. The van der Waals surface area contributed by atoms with Crippen molar-refractivity contribution in [1.82, 2.24) is 0 Å². The molecule has 11 heavy (non-hydrogen) atoms. The van der Waals surface area contributed by atoms with Gasteiger partial charge in [-0.2, -0.15) is 0 Å². The maximum atomic E-state index is 11.0. The summed E-state index contributed by atoms with van der Waals surface area (Å²) in [6.45, 7) is 3.99. The van der Waals surface area contributed by atoms with E-state index < -0.39 is 0 Å². The highest BCUT2D eigenvalue weighted by atomic mass is 16.5. The lowest BCUT2D eigenvalue weighted by Crippen LogP contribution is -2.98. The minimum Gasteiger partial charge on any atom is -0.629 e. The van der Waals surface area contributed by atoms with Crippen molar-refractivity contribution < 1.29 is 5.06 Å². The first kappa shape index (κ1) is 8.24. The first-order valence-corrected chi connectivity index (χ1v) is 3.70. The van der Waals surface area contributed by atoms with Gasteiger partial charge in [0.2, 0.25) is 0 Å². The number of quaternary nitrogens is 1. The van der Waals surface area contributed by atoms with Crippen molar-refractivity contribution >= 4 is 5.69 Å². The Balaban J connectivity index is 3.17. The molecule has 0 amide bonds. The van der Waals surface area contributed by atoms with E-state index in [4.69, 9.17) is 0 Å². The quantitative estimate of drug-likeness (QED) is 0.594. The van der Waals surface area contributed by atoms with Crippen LogP contribution >= 0.6 is 0 Å². The van der Waals surface area contributed by atoms with Crippen LogP contribution in [-0.2, 0) is 0 Å². The Morgan fingerprint density at radius 3 is 2.36 bits per heavy atom. The Morgan fingerprint density at radius 1 is 1.27 bits per heavy atom. The smallest absolute Gasteiger partial charge is 0.134 e. The lowest BCUT2D eigenvalue weighted by atomic mass is 10.1. The number of aryl methyl sites for hydroxylation is 1. The second-order valence-corrected chi connectivity index (χ2v) is 2.80. The highest BCUT2D eigenvalue weighted by molar-refractivity contribution is 5.43. The molecule has 0 heterocycles. The van der Waals surface area contributed by atoms with Gasteiger partial charge in [-0.25, -0.2) is 0 Å². The molecule has 2 heteroatoms. The Morgan fingerprint density at radius 2 is 1.91 bits per heavy atom. The number of benzene rings is 1. The van der Waals surface area contributed by atoms with Gasteiger partial charge in [0.25, 0.3) is 0 Å². The molecular formula is C9H13NO. The van der Waals surface area contributed by atoms with Gasteiger partial charge in [0.1, 0.15) is 5.69 Å². The first-order chi connectivity index (χ1) is 5.13. The maximum Gasteiger partial charge on any atom is 0.134 e. The molecule has 1 N–H and O–H groups in total. The standard InChI is InChI=1S/C9H13NO/c1-7-5-4-6-9(8(7)2)10(3)11/h4-6,10H,1-3H3. The molecule has 0 radical (unpaired) electrons. The number of rotatable bonds is 1. The van der Waals surface area contributed by atoms with Crippen LogP contribution in [0.15, 0.2) is 18.2 Å². The minimum absolute atomic E-state index is 0.145. The lowest BCUT2D eigenvalue weighted by molar-refractivity contribution is -0.751. The van der Waals surface area contributed by atoms with Gasteiger partial charge in [0.05, 0.1) is 7.05 Å². The SMILES string of the molecule is Cc1cccc([NH+](C)[O-])c1C. The van der Waals surface area contributed by atoms with Crippen LogP contribution in [0.5, 0.6) is 0 Å². The van der Waals surface area contributed by atoms with E-state index in [1.807, 2.05) is 32.0 Å². The second kappa shape index (κ2) is 3.03. The number of nitrogens with one attached hydrogen (secondary N) is 1. The summed E-state index contributed by atoms with van der Waals surface area (Å²) >= 11 is 0. The molecule has 1 aromatic rings. The molecule has 0 bridgehead atoms. The summed E-state index contributed by atoms with van der Waals surface area (Å²) in [7, 11) is 1.60. The Hall–Kier alpha value is -0.860. The summed E-state index contributed by atoms with van der Waals surface area (Å²) < 4.78 is 0. The third kappa shape index (κ3) is 1.59. The molecule has 0 saturated carbocycles. The van der Waals surface area contributed by atoms with Crippen molar-refractivity contribution in [2.45, 2.75) is 13.8 Å². The van der Waals surface area contributed by atoms with Crippen LogP contribution in [0.1, 0.15) is 11.1 Å². The van der Waals surface area contributed by atoms with E-state index in [-0.39, 0.29) is 5.06 Å². The van der Waals surface area contributed by atoms with Gasteiger partial charge in [-0.3, -0.25) is 0 Å². The van der Waals surface area contributed by atoms with Crippen LogP contribution < -0.4 is 5.06 Å². The second-order valence-electron chi connectivity index (χ2n) is 2.80. The maximum absolute atomic E-state index is 11.0. The zero-order valence-corrected chi connectivity index (χ0v) is 7.14. The van der Waals surface area contributed by atoms with Gasteiger partial charge in [-0.05, 0) is 25.5 Å². The minimum atomic E-state index is 0.145. The summed E-state index contributed by atoms with van der Waals surface area (Å²) in [4.78, 5) is 0. The number of hydrogen-bond donors (Lipinski definition) is 1. The van der Waals surface area contributed by atoms with Crippen LogP contribution in [0, 0.1) is 19.1 Å². The van der Waals surface area contributed by atoms with E-state index in [9.17, 15) is 5.21 Å². The normalized spacial score (nSPS) is 13.1. The van der Waals surface area contributed by atoms with Gasteiger partial charge in [0.15, 0.2) is 0 Å². The van der Waals surface area contributed by atoms with Gasteiger partial charge in [0, 0.05) is 5.56 Å². The van der Waals surface area contributed by atoms with Crippen molar-refractivity contribution in [3.05, 3.63) is 34.5 Å². The monoisotopic (exact) mass is 151 g/mol.